The van der Waals surface area contributed by atoms with E-state index in [1.165, 1.54) is 18.3 Å². The van der Waals surface area contributed by atoms with E-state index in [0.717, 1.165) is 0 Å². The normalized spacial score (nSPS) is 10.6. The summed E-state index contributed by atoms with van der Waals surface area (Å²) in [5, 5.41) is 16.5. The lowest BCUT2D eigenvalue weighted by molar-refractivity contribution is -0.402. The van der Waals surface area contributed by atoms with Crippen molar-refractivity contribution in [3.63, 3.8) is 0 Å². The van der Waals surface area contributed by atoms with Gasteiger partial charge in [0.15, 0.2) is 5.76 Å². The zero-order chi connectivity index (χ0) is 12.0. The molecule has 0 atom stereocenters. The fourth-order valence-electron chi connectivity index (χ4n) is 0.878. The molecule has 2 N–H and O–H groups in total. The highest BCUT2D eigenvalue weighted by molar-refractivity contribution is 5.81. The topological polar surface area (TPSA) is 110 Å². The third-order valence-corrected chi connectivity index (χ3v) is 1.51. The average Bonchev–Trinajstić information content (AvgIpc) is 2.67. The van der Waals surface area contributed by atoms with Gasteiger partial charge in [0, 0.05) is 0 Å². The largest absolute Gasteiger partial charge is 0.433 e. The van der Waals surface area contributed by atoms with E-state index >= 15 is 0 Å². The van der Waals surface area contributed by atoms with Crippen LogP contribution in [0.25, 0.3) is 0 Å². The molecule has 0 aliphatic heterocycles. The molecule has 0 spiro atoms. The summed E-state index contributed by atoms with van der Waals surface area (Å²) in [6.45, 7) is 0.135. The second kappa shape index (κ2) is 5.61. The van der Waals surface area contributed by atoms with Crippen LogP contribution in [0.5, 0.6) is 0 Å². The lowest BCUT2D eigenvalue weighted by Gasteiger charge is -1.95. The maximum atomic E-state index is 10.9. The van der Waals surface area contributed by atoms with Crippen LogP contribution < -0.4 is 10.7 Å². The molecule has 8 nitrogen and oxygen atoms in total. The molecule has 0 aromatic carbocycles. The smallest absolute Gasteiger partial charge is 0.400 e. The van der Waals surface area contributed by atoms with Crippen LogP contribution in [0.4, 0.5) is 5.88 Å². The van der Waals surface area contributed by atoms with Crippen LogP contribution in [0.1, 0.15) is 5.76 Å². The van der Waals surface area contributed by atoms with Crippen molar-refractivity contribution in [1.82, 2.24) is 10.7 Å². The van der Waals surface area contributed by atoms with Crippen LogP contribution in [0, 0.1) is 10.1 Å². The van der Waals surface area contributed by atoms with Crippen molar-refractivity contribution in [2.75, 3.05) is 13.6 Å². The first-order valence-electron chi connectivity index (χ1n) is 4.34. The van der Waals surface area contributed by atoms with Gasteiger partial charge in [-0.3, -0.25) is 14.9 Å². The number of nitrogens with zero attached hydrogens (tertiary/aromatic N) is 2. The van der Waals surface area contributed by atoms with Crippen LogP contribution >= 0.6 is 0 Å². The Hall–Kier alpha value is -2.22. The van der Waals surface area contributed by atoms with E-state index in [-0.39, 0.29) is 24.1 Å². The predicted octanol–water partition coefficient (Wildman–Crippen LogP) is -0.143. The van der Waals surface area contributed by atoms with Crippen molar-refractivity contribution in [1.29, 1.82) is 0 Å². The quantitative estimate of drug-likeness (QED) is 0.412. The standard InChI is InChI=1S/C8H10N4O4/c1-9-5-7(13)11-10-4-6-2-3-8(16-6)12(14)15/h2-4,9H,5H2,1H3,(H,11,13)/b10-4+. The molecule has 1 amide bonds. The lowest BCUT2D eigenvalue weighted by Crippen LogP contribution is -2.28. The van der Waals surface area contributed by atoms with E-state index in [1.807, 2.05) is 0 Å². The summed E-state index contributed by atoms with van der Waals surface area (Å²) in [7, 11) is 1.62. The first-order valence-corrected chi connectivity index (χ1v) is 4.34. The Morgan fingerprint density at radius 2 is 2.44 bits per heavy atom. The molecule has 1 aromatic heterocycles. The monoisotopic (exact) mass is 226 g/mol. The van der Waals surface area contributed by atoms with Gasteiger partial charge in [-0.05, 0) is 13.1 Å². The third-order valence-electron chi connectivity index (χ3n) is 1.51. The van der Waals surface area contributed by atoms with E-state index in [9.17, 15) is 14.9 Å². The number of hydrazone groups is 1. The fraction of sp³-hybridized carbons (Fsp3) is 0.250. The van der Waals surface area contributed by atoms with Gasteiger partial charge in [0.05, 0.1) is 18.8 Å². The first kappa shape index (κ1) is 11.9. The van der Waals surface area contributed by atoms with E-state index in [4.69, 9.17) is 4.42 Å². The molecule has 0 radical (unpaired) electrons. The van der Waals surface area contributed by atoms with Crippen LogP contribution in [-0.4, -0.2) is 30.6 Å². The molecule has 0 aliphatic rings. The molecule has 0 bridgehead atoms. The molecule has 0 fully saturated rings. The summed E-state index contributed by atoms with van der Waals surface area (Å²) < 4.78 is 4.77. The highest BCUT2D eigenvalue weighted by atomic mass is 16.6. The minimum atomic E-state index is -0.656. The number of nitrogens with one attached hydrogen (secondary N) is 2. The Kier molecular flexibility index (Phi) is 4.16. The van der Waals surface area contributed by atoms with Crippen molar-refractivity contribution in [2.45, 2.75) is 0 Å². The summed E-state index contributed by atoms with van der Waals surface area (Å²) in [6, 6.07) is 2.59. The van der Waals surface area contributed by atoms with Gasteiger partial charge in [-0.25, -0.2) is 5.43 Å². The Bertz CT molecular complexity index is 412. The number of likely N-dealkylation sites (N-methyl/N-ethyl adjacent to an activating group) is 1. The van der Waals surface area contributed by atoms with Gasteiger partial charge in [-0.15, -0.1) is 0 Å². The predicted molar refractivity (Wildman–Crippen MR) is 55.0 cm³/mol. The van der Waals surface area contributed by atoms with Gasteiger partial charge in [0.2, 0.25) is 0 Å². The molecule has 16 heavy (non-hydrogen) atoms. The van der Waals surface area contributed by atoms with E-state index < -0.39 is 4.92 Å². The molecule has 1 rings (SSSR count). The van der Waals surface area contributed by atoms with Gasteiger partial charge >= 0.3 is 5.88 Å². The highest BCUT2D eigenvalue weighted by Gasteiger charge is 2.10. The first-order chi connectivity index (χ1) is 7.63. The van der Waals surface area contributed by atoms with Gasteiger partial charge in [-0.2, -0.15) is 5.10 Å². The summed E-state index contributed by atoms with van der Waals surface area (Å²) in [5.41, 5.74) is 2.21. The summed E-state index contributed by atoms with van der Waals surface area (Å²) in [5.74, 6) is -0.501. The minimum absolute atomic E-state index is 0.135. The zero-order valence-corrected chi connectivity index (χ0v) is 8.47. The highest BCUT2D eigenvalue weighted by Crippen LogP contribution is 2.13. The summed E-state index contributed by atoms with van der Waals surface area (Å²) in [6.07, 6.45) is 1.18. The number of hydrogen-bond donors (Lipinski definition) is 2. The molecule has 1 aromatic rings. The molecule has 0 aliphatic carbocycles. The van der Waals surface area contributed by atoms with Gasteiger partial charge in [0.1, 0.15) is 4.92 Å². The SMILES string of the molecule is CNCC(=O)N/N=C/c1ccc([N+](=O)[O-])o1. The average molecular weight is 226 g/mol. The van der Waals surface area contributed by atoms with Crippen LogP contribution in [0.15, 0.2) is 21.7 Å². The fourth-order valence-corrected chi connectivity index (χ4v) is 0.878. The molecule has 0 saturated carbocycles. The van der Waals surface area contributed by atoms with Crippen LogP contribution in [0.3, 0.4) is 0 Å². The van der Waals surface area contributed by atoms with E-state index in [0.29, 0.717) is 0 Å². The third kappa shape index (κ3) is 3.50. The van der Waals surface area contributed by atoms with E-state index in [2.05, 4.69) is 15.8 Å². The molecule has 8 heteroatoms. The Labute approximate surface area is 90.5 Å². The second-order valence-corrected chi connectivity index (χ2v) is 2.76. The van der Waals surface area contributed by atoms with Gasteiger partial charge < -0.3 is 9.73 Å². The van der Waals surface area contributed by atoms with Crippen molar-refractivity contribution in [2.24, 2.45) is 5.10 Å². The van der Waals surface area contributed by atoms with Crippen molar-refractivity contribution in [3.05, 3.63) is 28.0 Å². The molecular formula is C8H10N4O4. The molecule has 0 unspecified atom stereocenters. The maximum Gasteiger partial charge on any atom is 0.433 e. The maximum absolute atomic E-state index is 10.9. The van der Waals surface area contributed by atoms with Crippen molar-refractivity contribution in [3.8, 4) is 0 Å². The number of hydrogen-bond acceptors (Lipinski definition) is 6. The molecule has 0 saturated heterocycles. The van der Waals surface area contributed by atoms with Gasteiger partial charge in [-0.1, -0.05) is 0 Å². The number of furan rings is 1. The Morgan fingerprint density at radius 1 is 1.69 bits per heavy atom. The molecule has 1 heterocycles. The molecule has 86 valence electrons. The number of carbonyl (C=O) groups excluding carboxylic acids is 1. The Balaban J connectivity index is 2.50. The van der Waals surface area contributed by atoms with Gasteiger partial charge in [0.25, 0.3) is 5.91 Å². The van der Waals surface area contributed by atoms with Crippen molar-refractivity contribution >= 4 is 18.0 Å². The zero-order valence-electron chi connectivity index (χ0n) is 8.47. The number of carbonyl (C=O) groups is 1. The van der Waals surface area contributed by atoms with Crippen molar-refractivity contribution < 1.29 is 14.1 Å². The molecular weight excluding hydrogens is 216 g/mol. The summed E-state index contributed by atoms with van der Waals surface area (Å²) in [4.78, 5) is 20.5. The van der Waals surface area contributed by atoms with Crippen LogP contribution in [-0.2, 0) is 4.79 Å². The number of rotatable bonds is 5. The number of amides is 1. The minimum Gasteiger partial charge on any atom is -0.400 e. The number of nitro groups is 1. The lowest BCUT2D eigenvalue weighted by atomic mass is 10.5. The van der Waals surface area contributed by atoms with Crippen LogP contribution in [0.2, 0.25) is 0 Å². The van der Waals surface area contributed by atoms with E-state index in [1.54, 1.807) is 7.05 Å². The second-order valence-electron chi connectivity index (χ2n) is 2.76. The summed E-state index contributed by atoms with van der Waals surface area (Å²) >= 11 is 0. The Morgan fingerprint density at radius 3 is 3.00 bits per heavy atom.